The van der Waals surface area contributed by atoms with Crippen molar-refractivity contribution in [2.45, 2.75) is 110 Å². The number of imidazole rings is 2. The number of amides is 4. The second-order valence-electron chi connectivity index (χ2n) is 18.8. The van der Waals surface area contributed by atoms with E-state index in [1.165, 1.54) is 26.2 Å². The molecular formula is C57H62N8O8. The zero-order chi connectivity index (χ0) is 51.2. The van der Waals surface area contributed by atoms with E-state index in [0.29, 0.717) is 60.4 Å². The first-order valence-corrected chi connectivity index (χ1v) is 25.1. The molecule has 1 fully saturated rings. The molecule has 16 heteroatoms. The van der Waals surface area contributed by atoms with E-state index >= 15 is 0 Å². The van der Waals surface area contributed by atoms with Crippen LogP contribution in [-0.2, 0) is 45.4 Å². The van der Waals surface area contributed by atoms with Crippen LogP contribution in [0, 0.1) is 24.2 Å². The normalized spacial score (nSPS) is 16.5. The Hall–Kier alpha value is -8.06. The highest BCUT2D eigenvalue weighted by molar-refractivity contribution is 5.90. The Labute approximate surface area is 425 Å². The number of hydrogen-bond acceptors (Lipinski definition) is 10. The number of hydrogen-bond donors (Lipinski definition) is 4. The van der Waals surface area contributed by atoms with Gasteiger partial charge in [-0.15, -0.1) is 6.42 Å². The third kappa shape index (κ3) is 10.5. The van der Waals surface area contributed by atoms with Crippen molar-refractivity contribution in [2.24, 2.45) is 11.8 Å². The molecule has 4 aliphatic rings. The lowest BCUT2D eigenvalue weighted by molar-refractivity contribution is -0.137. The van der Waals surface area contributed by atoms with Crippen LogP contribution < -0.4 is 20.1 Å². The summed E-state index contributed by atoms with van der Waals surface area (Å²) < 4.78 is 22.9. The van der Waals surface area contributed by atoms with Gasteiger partial charge < -0.3 is 49.3 Å². The second-order valence-corrected chi connectivity index (χ2v) is 18.8. The molecule has 0 bridgehead atoms. The number of benzene rings is 3. The van der Waals surface area contributed by atoms with E-state index in [2.05, 4.69) is 69.6 Å². The lowest BCUT2D eigenvalue weighted by atomic mass is 9.79. The molecule has 4 N–H and O–H groups in total. The van der Waals surface area contributed by atoms with Crippen LogP contribution in [0.2, 0.25) is 0 Å². The number of nitrogens with one attached hydrogen (secondary N) is 4. The first kappa shape index (κ1) is 49.9. The average Bonchev–Trinajstić information content (AvgIpc) is 4.02. The van der Waals surface area contributed by atoms with Gasteiger partial charge in [0.1, 0.15) is 48.4 Å². The van der Waals surface area contributed by atoms with E-state index in [1.54, 1.807) is 41.6 Å². The minimum Gasteiger partial charge on any atom is -0.488 e. The van der Waals surface area contributed by atoms with Crippen LogP contribution in [0.1, 0.15) is 93.7 Å². The second kappa shape index (κ2) is 22.1. The molecule has 73 heavy (non-hydrogen) atoms. The van der Waals surface area contributed by atoms with Crippen LogP contribution in [0.25, 0.3) is 33.6 Å². The maximum Gasteiger partial charge on any atom is 0.407 e. The molecule has 4 heterocycles. The molecule has 9 rings (SSSR count). The third-order valence-electron chi connectivity index (χ3n) is 14.5. The van der Waals surface area contributed by atoms with Gasteiger partial charge in [-0.05, 0) is 73.4 Å². The molecular weight excluding hydrogens is 925 g/mol. The maximum absolute atomic E-state index is 14.7. The Balaban J connectivity index is 0.939. The SMILES string of the molecule is C#CC(CC)N(Cc1ncc(-c2cc3c4c(c2)OCc2cc(-c5cnc(CN(C(=O)C(NC(=O)OC)C6C=CC=C(C7CCC7)C=C6)C(CC)CC)[nH]5)cc(c2-4)OC3)[nH]1)C(=O)C(NC(=O)OC)c1ccccc1. The molecule has 3 aromatic carbocycles. The molecule has 2 aromatic heterocycles. The van der Waals surface area contributed by atoms with Crippen LogP contribution in [0.15, 0.2) is 103 Å². The molecule has 5 aromatic rings. The summed E-state index contributed by atoms with van der Waals surface area (Å²) >= 11 is 0. The fourth-order valence-electron chi connectivity index (χ4n) is 10.2. The molecule has 0 radical (unpaired) electrons. The van der Waals surface area contributed by atoms with Gasteiger partial charge >= 0.3 is 12.2 Å². The number of aromatic amines is 2. The fraction of sp³-hybridized carbons (Fsp3) is 0.368. The van der Waals surface area contributed by atoms with E-state index in [4.69, 9.17) is 30.4 Å². The number of methoxy groups -OCH3 is 2. The Morgan fingerprint density at radius 3 is 1.90 bits per heavy atom. The molecule has 16 nitrogen and oxygen atoms in total. The zero-order valence-corrected chi connectivity index (χ0v) is 41.9. The number of terminal acetylenes is 1. The number of ether oxygens (including phenoxy) is 4. The molecule has 1 saturated carbocycles. The number of aromatic nitrogens is 4. The first-order valence-electron chi connectivity index (χ1n) is 25.1. The smallest absolute Gasteiger partial charge is 0.407 e. The molecule has 0 spiro atoms. The molecule has 4 unspecified atom stereocenters. The van der Waals surface area contributed by atoms with Crippen LogP contribution in [0.3, 0.4) is 0 Å². The van der Waals surface area contributed by atoms with Gasteiger partial charge in [0.05, 0.1) is 57.1 Å². The highest BCUT2D eigenvalue weighted by atomic mass is 16.5. The number of rotatable bonds is 18. The average molecular weight is 987 g/mol. The number of carbonyl (C=O) groups excluding carboxylic acids is 4. The molecule has 378 valence electrons. The van der Waals surface area contributed by atoms with Crippen LogP contribution >= 0.6 is 0 Å². The van der Waals surface area contributed by atoms with Gasteiger partial charge in [-0.1, -0.05) is 93.8 Å². The van der Waals surface area contributed by atoms with Crippen molar-refractivity contribution in [2.75, 3.05) is 14.2 Å². The summed E-state index contributed by atoms with van der Waals surface area (Å²) in [7, 11) is 2.55. The summed E-state index contributed by atoms with van der Waals surface area (Å²) in [5.41, 5.74) is 8.81. The van der Waals surface area contributed by atoms with Gasteiger partial charge in [-0.25, -0.2) is 19.6 Å². The van der Waals surface area contributed by atoms with Gasteiger partial charge in [0.25, 0.3) is 5.91 Å². The van der Waals surface area contributed by atoms with Crippen molar-refractivity contribution < 1.29 is 38.1 Å². The standard InChI is InChI=1S/C57H62N8O8/c1-7-42(8-2)64(54(66)52(62-56(68)70-5)36-16-12-11-13-17-36)30-48-58-28-44(60-48)38-24-40-32-73-47-27-39(25-41-33-72-46(26-38)50(40)51(41)47)45-29-59-49(61-45)31-65(43(9-3)10-4)55(67)53(63-57(69)71-6)37-21-15-20-35(22-23-37)34-18-14-19-34/h1,11-13,15-17,20-29,34,37,42-43,52-53H,8-10,14,18-19,30-33H2,2-6H3,(H,58,60)(H,59,61)(H,62,68)(H,63,69). The summed E-state index contributed by atoms with van der Waals surface area (Å²) in [6.45, 7) is 6.86. The molecule has 2 aliphatic heterocycles. The van der Waals surface area contributed by atoms with Gasteiger partial charge in [-0.2, -0.15) is 0 Å². The lowest BCUT2D eigenvalue weighted by Gasteiger charge is -2.34. The number of H-pyrrole nitrogens is 2. The van der Waals surface area contributed by atoms with Crippen molar-refractivity contribution in [3.05, 3.63) is 131 Å². The van der Waals surface area contributed by atoms with Crippen molar-refractivity contribution in [3.8, 4) is 57.5 Å². The highest BCUT2D eigenvalue weighted by Gasteiger charge is 2.36. The Morgan fingerprint density at radius 1 is 0.781 bits per heavy atom. The highest BCUT2D eigenvalue weighted by Crippen LogP contribution is 2.51. The van der Waals surface area contributed by atoms with Crippen LogP contribution in [0.4, 0.5) is 9.59 Å². The topological polar surface area (TPSA) is 193 Å². The summed E-state index contributed by atoms with van der Waals surface area (Å²) in [5, 5.41) is 5.54. The Bertz CT molecular complexity index is 2940. The van der Waals surface area contributed by atoms with Crippen LogP contribution in [-0.4, -0.2) is 86.1 Å². The van der Waals surface area contributed by atoms with E-state index in [9.17, 15) is 19.2 Å². The Morgan fingerprint density at radius 2 is 1.37 bits per heavy atom. The van der Waals surface area contributed by atoms with Crippen molar-refractivity contribution in [3.63, 3.8) is 0 Å². The first-order chi connectivity index (χ1) is 35.5. The number of alkyl carbamates (subject to hydrolysis) is 2. The summed E-state index contributed by atoms with van der Waals surface area (Å²) in [4.78, 5) is 73.9. The number of carbonyl (C=O) groups is 4. The monoisotopic (exact) mass is 986 g/mol. The predicted molar refractivity (Wildman–Crippen MR) is 275 cm³/mol. The van der Waals surface area contributed by atoms with E-state index < -0.39 is 36.2 Å². The largest absolute Gasteiger partial charge is 0.488 e. The number of nitrogens with zero attached hydrogens (tertiary/aromatic N) is 4. The summed E-state index contributed by atoms with van der Waals surface area (Å²) in [6, 6.07) is 14.4. The summed E-state index contributed by atoms with van der Waals surface area (Å²) in [5.74, 6) is 4.80. The minimum absolute atomic E-state index is 0.0560. The Kier molecular flexibility index (Phi) is 15.1. The van der Waals surface area contributed by atoms with Gasteiger partial charge in [-0.3, -0.25) is 9.59 Å². The maximum atomic E-state index is 14.7. The van der Waals surface area contributed by atoms with Crippen molar-refractivity contribution in [1.82, 2.24) is 40.4 Å². The lowest BCUT2D eigenvalue weighted by Crippen LogP contribution is -2.54. The van der Waals surface area contributed by atoms with Crippen molar-refractivity contribution >= 4 is 24.0 Å². The molecule has 4 amide bonds. The van der Waals surface area contributed by atoms with Gasteiger partial charge in [0.2, 0.25) is 5.91 Å². The van der Waals surface area contributed by atoms with Gasteiger partial charge in [0.15, 0.2) is 0 Å². The van der Waals surface area contributed by atoms with Gasteiger partial charge in [0, 0.05) is 45.3 Å². The van der Waals surface area contributed by atoms with E-state index in [0.717, 1.165) is 57.7 Å². The molecule has 2 aliphatic carbocycles. The van der Waals surface area contributed by atoms with Crippen molar-refractivity contribution in [1.29, 1.82) is 0 Å². The van der Waals surface area contributed by atoms with Crippen LogP contribution in [0.5, 0.6) is 11.5 Å². The third-order valence-corrected chi connectivity index (χ3v) is 14.5. The molecule has 4 atom stereocenters. The minimum atomic E-state index is -1.04. The van der Waals surface area contributed by atoms with E-state index in [-0.39, 0.29) is 37.6 Å². The van der Waals surface area contributed by atoms with E-state index in [1.807, 2.05) is 48.3 Å². The molecule has 0 saturated heterocycles. The fourth-order valence-corrected chi connectivity index (χ4v) is 10.2. The quantitative estimate of drug-likeness (QED) is 0.0615. The predicted octanol–water partition coefficient (Wildman–Crippen LogP) is 9.47. The summed E-state index contributed by atoms with van der Waals surface area (Å²) in [6.07, 6.45) is 23.7. The zero-order valence-electron chi connectivity index (χ0n) is 41.9. The number of allylic oxidation sites excluding steroid dienone is 4.